The zero-order chi connectivity index (χ0) is 22.6. The summed E-state index contributed by atoms with van der Waals surface area (Å²) in [6.07, 6.45) is 6.52. The van der Waals surface area contributed by atoms with Gasteiger partial charge in [0.15, 0.2) is 5.58 Å². The summed E-state index contributed by atoms with van der Waals surface area (Å²) in [7, 11) is 0. The molecule has 1 aromatic carbocycles. The second-order valence-electron chi connectivity index (χ2n) is 9.80. The maximum Gasteiger partial charge on any atom is 0.410 e. The van der Waals surface area contributed by atoms with E-state index >= 15 is 0 Å². The van der Waals surface area contributed by atoms with Gasteiger partial charge in [0.25, 0.3) is 0 Å². The number of hydrogen-bond donors (Lipinski definition) is 1. The van der Waals surface area contributed by atoms with Crippen LogP contribution in [0, 0.1) is 5.92 Å². The van der Waals surface area contributed by atoms with Gasteiger partial charge in [-0.05, 0) is 84.3 Å². The molecule has 1 aromatic heterocycles. The number of aliphatic hydroxyl groups excluding tert-OH is 1. The Balaban J connectivity index is 1.60. The first kappa shape index (κ1) is 23.3. The minimum absolute atomic E-state index is 0.0545. The standard InChI is InChI=1S/C25H36N2O4/c1-17(2)6-8-19-9-10-20-22(26-31-23(20)21(19)16-28)11-7-18-12-14-27(15-13-18)24(29)30-25(3,4)5/h6,9-10,18,28H,7-8,11-16H2,1-5H3. The molecule has 0 bridgehead atoms. The van der Waals surface area contributed by atoms with Crippen molar-refractivity contribution < 1.29 is 19.2 Å². The molecule has 1 amide bonds. The summed E-state index contributed by atoms with van der Waals surface area (Å²) in [5.74, 6) is 0.555. The van der Waals surface area contributed by atoms with Crippen LogP contribution in [0.4, 0.5) is 4.79 Å². The van der Waals surface area contributed by atoms with Crippen LogP contribution in [0.1, 0.15) is 70.7 Å². The van der Waals surface area contributed by atoms with Gasteiger partial charge in [-0.3, -0.25) is 0 Å². The molecule has 0 unspecified atom stereocenters. The molecule has 1 N–H and O–H groups in total. The molecule has 1 aliphatic rings. The maximum atomic E-state index is 12.2. The van der Waals surface area contributed by atoms with Gasteiger partial charge in [0.05, 0.1) is 12.3 Å². The highest BCUT2D eigenvalue weighted by Crippen LogP contribution is 2.29. The lowest BCUT2D eigenvalue weighted by Crippen LogP contribution is -2.41. The van der Waals surface area contributed by atoms with Crippen molar-refractivity contribution in [2.75, 3.05) is 13.1 Å². The number of nitrogens with zero attached hydrogens (tertiary/aromatic N) is 2. The molecule has 31 heavy (non-hydrogen) atoms. The third-order valence-electron chi connectivity index (χ3n) is 5.86. The summed E-state index contributed by atoms with van der Waals surface area (Å²) < 4.78 is 11.1. The van der Waals surface area contributed by atoms with Crippen LogP contribution in [0.3, 0.4) is 0 Å². The quantitative estimate of drug-likeness (QED) is 0.623. The number of aromatic nitrogens is 1. The molecular weight excluding hydrogens is 392 g/mol. The predicted octanol–water partition coefficient (Wildman–Crippen LogP) is 5.41. The molecule has 3 rings (SSSR count). The minimum atomic E-state index is -0.457. The number of aliphatic hydroxyl groups is 1. The van der Waals surface area contributed by atoms with Crippen molar-refractivity contribution in [2.45, 2.75) is 78.9 Å². The second-order valence-corrected chi connectivity index (χ2v) is 9.80. The van der Waals surface area contributed by atoms with Gasteiger partial charge in [-0.2, -0.15) is 0 Å². The van der Waals surface area contributed by atoms with E-state index in [-0.39, 0.29) is 12.7 Å². The lowest BCUT2D eigenvalue weighted by molar-refractivity contribution is 0.0181. The summed E-state index contributed by atoms with van der Waals surface area (Å²) in [5, 5.41) is 15.2. The number of rotatable bonds is 6. The fourth-order valence-electron chi connectivity index (χ4n) is 4.08. The Hall–Kier alpha value is -2.34. The second kappa shape index (κ2) is 9.86. The van der Waals surface area contributed by atoms with Crippen molar-refractivity contribution in [1.82, 2.24) is 10.1 Å². The van der Waals surface area contributed by atoms with E-state index in [0.29, 0.717) is 11.5 Å². The smallest absolute Gasteiger partial charge is 0.410 e. The van der Waals surface area contributed by atoms with Gasteiger partial charge in [0.2, 0.25) is 0 Å². The Kier molecular flexibility index (Phi) is 7.42. The molecule has 0 saturated carbocycles. The van der Waals surface area contributed by atoms with Gasteiger partial charge in [0, 0.05) is 24.0 Å². The van der Waals surface area contributed by atoms with E-state index in [1.807, 2.05) is 25.7 Å². The van der Waals surface area contributed by atoms with Gasteiger partial charge in [-0.15, -0.1) is 0 Å². The van der Waals surface area contributed by atoms with E-state index in [2.05, 4.69) is 37.2 Å². The lowest BCUT2D eigenvalue weighted by atomic mass is 9.91. The maximum absolute atomic E-state index is 12.2. The molecule has 0 spiro atoms. The van der Waals surface area contributed by atoms with Crippen molar-refractivity contribution in [3.05, 3.63) is 40.6 Å². The van der Waals surface area contributed by atoms with Crippen LogP contribution in [0.2, 0.25) is 0 Å². The number of hydrogen-bond acceptors (Lipinski definition) is 5. The number of carbonyl (C=O) groups is 1. The molecule has 6 heteroatoms. The number of ether oxygens (including phenoxy) is 1. The van der Waals surface area contributed by atoms with Crippen LogP contribution in [0.15, 0.2) is 28.3 Å². The Labute approximate surface area is 185 Å². The molecule has 0 atom stereocenters. The third kappa shape index (κ3) is 6.10. The third-order valence-corrected chi connectivity index (χ3v) is 5.86. The van der Waals surface area contributed by atoms with Crippen molar-refractivity contribution in [3.8, 4) is 0 Å². The van der Waals surface area contributed by atoms with Gasteiger partial charge < -0.3 is 19.3 Å². The van der Waals surface area contributed by atoms with Crippen molar-refractivity contribution in [1.29, 1.82) is 0 Å². The summed E-state index contributed by atoms with van der Waals surface area (Å²) in [6, 6.07) is 4.15. The number of fused-ring (bicyclic) bond motifs is 1. The first-order valence-corrected chi connectivity index (χ1v) is 11.3. The zero-order valence-electron chi connectivity index (χ0n) is 19.5. The zero-order valence-corrected chi connectivity index (χ0v) is 19.5. The van der Waals surface area contributed by atoms with Crippen molar-refractivity contribution in [3.63, 3.8) is 0 Å². The van der Waals surface area contributed by atoms with Crippen molar-refractivity contribution in [2.24, 2.45) is 5.92 Å². The highest BCUT2D eigenvalue weighted by molar-refractivity contribution is 5.83. The number of piperidine rings is 1. The fraction of sp³-hybridized carbons (Fsp3) is 0.600. The topological polar surface area (TPSA) is 75.8 Å². The van der Waals surface area contributed by atoms with Gasteiger partial charge in [0.1, 0.15) is 5.60 Å². The van der Waals surface area contributed by atoms with Crippen LogP contribution in [-0.2, 0) is 24.2 Å². The average molecular weight is 429 g/mol. The number of amides is 1. The largest absolute Gasteiger partial charge is 0.444 e. The molecule has 0 radical (unpaired) electrons. The van der Waals surface area contributed by atoms with Gasteiger partial charge in [-0.25, -0.2) is 4.79 Å². The Morgan fingerprint density at radius 3 is 2.61 bits per heavy atom. The molecule has 1 aliphatic heterocycles. The van der Waals surface area contributed by atoms with E-state index in [1.54, 1.807) is 0 Å². The SMILES string of the molecule is CC(C)=CCc1ccc2c(CCC3CCN(C(=O)OC(C)(C)C)CC3)noc2c1CO. The number of likely N-dealkylation sites (tertiary alicyclic amines) is 1. The Bertz CT molecular complexity index is 927. The molecule has 2 aromatic rings. The molecule has 1 saturated heterocycles. The molecule has 2 heterocycles. The predicted molar refractivity (Wildman–Crippen MR) is 122 cm³/mol. The highest BCUT2D eigenvalue weighted by atomic mass is 16.6. The van der Waals surface area contributed by atoms with E-state index < -0.39 is 5.60 Å². The van der Waals surface area contributed by atoms with Crippen LogP contribution < -0.4 is 0 Å². The molecule has 1 fully saturated rings. The van der Waals surface area contributed by atoms with Crippen LogP contribution in [0.5, 0.6) is 0 Å². The van der Waals surface area contributed by atoms with E-state index in [1.165, 1.54) is 5.57 Å². The summed E-state index contributed by atoms with van der Waals surface area (Å²) >= 11 is 0. The van der Waals surface area contributed by atoms with Gasteiger partial charge in [-0.1, -0.05) is 22.9 Å². The number of aryl methyl sites for hydroxylation is 1. The summed E-state index contributed by atoms with van der Waals surface area (Å²) in [4.78, 5) is 14.1. The average Bonchev–Trinajstić information content (AvgIpc) is 3.12. The van der Waals surface area contributed by atoms with Crippen molar-refractivity contribution >= 4 is 17.1 Å². The monoisotopic (exact) mass is 428 g/mol. The first-order valence-electron chi connectivity index (χ1n) is 11.3. The fourth-order valence-corrected chi connectivity index (χ4v) is 4.08. The molecule has 6 nitrogen and oxygen atoms in total. The lowest BCUT2D eigenvalue weighted by Gasteiger charge is -2.33. The highest BCUT2D eigenvalue weighted by Gasteiger charge is 2.27. The summed E-state index contributed by atoms with van der Waals surface area (Å²) in [6.45, 7) is 11.2. The Morgan fingerprint density at radius 2 is 2.00 bits per heavy atom. The number of carbonyl (C=O) groups excluding carboxylic acids is 1. The van der Waals surface area contributed by atoms with Crippen LogP contribution >= 0.6 is 0 Å². The van der Waals surface area contributed by atoms with E-state index in [4.69, 9.17) is 9.26 Å². The summed E-state index contributed by atoms with van der Waals surface area (Å²) in [5.41, 5.74) is 4.36. The molecular formula is C25H36N2O4. The normalized spacial score (nSPS) is 15.4. The first-order chi connectivity index (χ1) is 14.7. The van der Waals surface area contributed by atoms with E-state index in [9.17, 15) is 9.90 Å². The minimum Gasteiger partial charge on any atom is -0.444 e. The number of benzene rings is 1. The van der Waals surface area contributed by atoms with Gasteiger partial charge >= 0.3 is 6.09 Å². The number of allylic oxidation sites excluding steroid dienone is 2. The molecule has 0 aliphatic carbocycles. The van der Waals surface area contributed by atoms with Crippen LogP contribution in [-0.4, -0.2) is 39.9 Å². The Morgan fingerprint density at radius 1 is 1.29 bits per heavy atom. The molecule has 170 valence electrons. The van der Waals surface area contributed by atoms with E-state index in [0.717, 1.165) is 67.4 Å². The van der Waals surface area contributed by atoms with Crippen LogP contribution in [0.25, 0.3) is 11.0 Å².